The number of hydrogen-bond acceptors (Lipinski definition) is 4. The molecular formula is C54H46N4O6P2+2. The largest absolute Gasteiger partial charge is 0.329 e. The fourth-order valence-electron chi connectivity index (χ4n) is 7.89. The van der Waals surface area contributed by atoms with Gasteiger partial charge in [-0.2, -0.15) is 0 Å². The Labute approximate surface area is 383 Å². The first-order valence-electron chi connectivity index (χ1n) is 21.4. The molecule has 0 aliphatic rings. The van der Waals surface area contributed by atoms with Crippen molar-refractivity contribution < 1.29 is 37.8 Å². The highest BCUT2D eigenvalue weighted by Crippen LogP contribution is 2.40. The monoisotopic (exact) mass is 908 g/mol. The minimum atomic E-state index is -4.10. The molecule has 0 radical (unpaired) electrons. The van der Waals surface area contributed by atoms with E-state index in [4.69, 9.17) is 9.97 Å². The van der Waals surface area contributed by atoms with Gasteiger partial charge in [0, 0.05) is 52.1 Å². The molecule has 0 aliphatic carbocycles. The van der Waals surface area contributed by atoms with Gasteiger partial charge in [-0.1, -0.05) is 152 Å². The number of aromatic nitrogens is 4. The Morgan fingerprint density at radius 3 is 0.985 bits per heavy atom. The molecule has 10 nitrogen and oxygen atoms in total. The Morgan fingerprint density at radius 1 is 0.348 bits per heavy atom. The van der Waals surface area contributed by atoms with Crippen LogP contribution in [0.5, 0.6) is 0 Å². The van der Waals surface area contributed by atoms with Crippen LogP contribution in [0.1, 0.15) is 22.3 Å². The Kier molecular flexibility index (Phi) is 12.9. The molecule has 326 valence electrons. The molecular weight excluding hydrogens is 863 g/mol. The van der Waals surface area contributed by atoms with Gasteiger partial charge in [0.25, 0.3) is 0 Å². The average molecular weight is 909 g/mol. The Morgan fingerprint density at radius 2 is 0.652 bits per heavy atom. The van der Waals surface area contributed by atoms with Gasteiger partial charge in [-0.25, -0.2) is 19.1 Å². The zero-order valence-corrected chi connectivity index (χ0v) is 37.5. The van der Waals surface area contributed by atoms with Crippen LogP contribution in [0.4, 0.5) is 0 Å². The molecule has 66 heavy (non-hydrogen) atoms. The third-order valence-electron chi connectivity index (χ3n) is 11.3. The molecule has 0 amide bonds. The van der Waals surface area contributed by atoms with Crippen molar-refractivity contribution in [1.29, 1.82) is 0 Å². The summed E-state index contributed by atoms with van der Waals surface area (Å²) in [6.45, 7) is 1.28. The topological polar surface area (TPSA) is 149 Å². The van der Waals surface area contributed by atoms with E-state index in [1.165, 1.54) is 0 Å². The maximum absolute atomic E-state index is 11.4. The van der Waals surface area contributed by atoms with E-state index in [0.717, 1.165) is 72.6 Å². The molecule has 12 heteroatoms. The number of pyridine rings is 2. The molecule has 0 fully saturated rings. The molecule has 0 spiro atoms. The summed E-state index contributed by atoms with van der Waals surface area (Å²) < 4.78 is 26.8. The van der Waals surface area contributed by atoms with Crippen LogP contribution >= 0.6 is 15.2 Å². The Balaban J connectivity index is 0.881. The van der Waals surface area contributed by atoms with Gasteiger partial charge < -0.3 is 19.6 Å². The molecule has 0 atom stereocenters. The lowest BCUT2D eigenvalue weighted by Crippen LogP contribution is -2.32. The third kappa shape index (κ3) is 11.4. The normalized spacial score (nSPS) is 11.7. The van der Waals surface area contributed by atoms with Crippen molar-refractivity contribution in [3.63, 3.8) is 0 Å². The van der Waals surface area contributed by atoms with E-state index in [1.54, 1.807) is 24.3 Å². The summed E-state index contributed by atoms with van der Waals surface area (Å²) in [5.74, 6) is 0.650. The van der Waals surface area contributed by atoms with Crippen molar-refractivity contribution in [2.45, 2.75) is 25.4 Å². The predicted molar refractivity (Wildman–Crippen MR) is 258 cm³/mol. The summed E-state index contributed by atoms with van der Waals surface area (Å²) in [5, 5.41) is 0. The van der Waals surface area contributed by atoms with E-state index >= 15 is 0 Å². The van der Waals surface area contributed by atoms with Gasteiger partial charge in [0.1, 0.15) is 0 Å². The van der Waals surface area contributed by atoms with Crippen LogP contribution in [-0.4, -0.2) is 29.5 Å². The number of hydrogen-bond donors (Lipinski definition) is 4. The van der Waals surface area contributed by atoms with Gasteiger partial charge in [0.2, 0.25) is 0 Å². The minimum Gasteiger partial charge on any atom is -0.324 e. The van der Waals surface area contributed by atoms with Gasteiger partial charge in [0.05, 0.1) is 23.7 Å². The van der Waals surface area contributed by atoms with Crippen LogP contribution in [0.3, 0.4) is 0 Å². The molecule has 0 saturated carbocycles. The maximum Gasteiger partial charge on any atom is 0.329 e. The Bertz CT molecular complexity index is 3180. The van der Waals surface area contributed by atoms with Crippen molar-refractivity contribution in [3.05, 3.63) is 229 Å². The highest BCUT2D eigenvalue weighted by molar-refractivity contribution is 7.51. The minimum absolute atomic E-state index is 0.257. The summed E-state index contributed by atoms with van der Waals surface area (Å²) >= 11 is 0. The van der Waals surface area contributed by atoms with Gasteiger partial charge >= 0.3 is 15.2 Å². The van der Waals surface area contributed by atoms with Crippen LogP contribution in [0.25, 0.3) is 67.3 Å². The number of benzene rings is 6. The van der Waals surface area contributed by atoms with Gasteiger partial charge in [-0.3, -0.25) is 9.13 Å². The highest BCUT2D eigenvalue weighted by Gasteiger charge is 2.16. The molecule has 3 aromatic heterocycles. The van der Waals surface area contributed by atoms with Crippen molar-refractivity contribution in [3.8, 4) is 67.3 Å². The fourth-order valence-corrected chi connectivity index (χ4v) is 9.26. The first kappa shape index (κ1) is 44.2. The molecule has 0 bridgehead atoms. The van der Waals surface area contributed by atoms with Crippen molar-refractivity contribution in [2.24, 2.45) is 0 Å². The van der Waals surface area contributed by atoms with Crippen LogP contribution in [-0.2, 0) is 34.5 Å². The predicted octanol–water partition coefficient (Wildman–Crippen LogP) is 10.5. The molecule has 3 heterocycles. The van der Waals surface area contributed by atoms with E-state index in [9.17, 15) is 28.7 Å². The van der Waals surface area contributed by atoms with E-state index < -0.39 is 15.2 Å². The molecule has 9 rings (SSSR count). The van der Waals surface area contributed by atoms with Crippen LogP contribution in [0, 0.1) is 0 Å². The standard InChI is InChI=1S/C54H44N4O6P2/c59-65(60,61)37-41-10-6-39(7-11-41)35-57-30-26-47(27-31-57)45-16-14-43(15-17-45)44-18-22-49(23-19-44)52-34-53(56-54(55-52)51-4-2-1-3-5-51)50-24-20-46(21-25-50)48-28-32-58(33-29-48)36-40-8-12-42(13-9-40)38-66(62,63)64/h1-34H,35-38H2,(H2-2,59,60,61,62,63,64)/p+2. The van der Waals surface area contributed by atoms with E-state index in [1.807, 2.05) is 85.5 Å². The van der Waals surface area contributed by atoms with Crippen LogP contribution < -0.4 is 9.13 Å². The lowest BCUT2D eigenvalue weighted by Gasteiger charge is -2.11. The van der Waals surface area contributed by atoms with Crippen molar-refractivity contribution in [1.82, 2.24) is 9.97 Å². The van der Waals surface area contributed by atoms with Crippen molar-refractivity contribution >= 4 is 15.2 Å². The molecule has 6 aromatic carbocycles. The Hall–Kier alpha value is -7.00. The van der Waals surface area contributed by atoms with Gasteiger partial charge in [-0.15, -0.1) is 0 Å². The summed E-state index contributed by atoms with van der Waals surface area (Å²) in [6, 6.07) is 60.5. The zero-order valence-electron chi connectivity index (χ0n) is 35.7. The quantitative estimate of drug-likeness (QED) is 0.0623. The number of rotatable bonds is 14. The smallest absolute Gasteiger partial charge is 0.324 e. The lowest BCUT2D eigenvalue weighted by atomic mass is 9.99. The maximum atomic E-state index is 11.4. The molecule has 0 unspecified atom stereocenters. The highest BCUT2D eigenvalue weighted by atomic mass is 31.2. The molecule has 0 saturated heterocycles. The summed E-state index contributed by atoms with van der Waals surface area (Å²) in [7, 11) is -8.20. The number of nitrogens with zero attached hydrogens (tertiary/aromatic N) is 4. The second-order valence-electron chi connectivity index (χ2n) is 16.4. The average Bonchev–Trinajstić information content (AvgIpc) is 3.33. The van der Waals surface area contributed by atoms with Crippen LogP contribution in [0.15, 0.2) is 207 Å². The first-order valence-corrected chi connectivity index (χ1v) is 24.9. The van der Waals surface area contributed by atoms with E-state index in [2.05, 4.69) is 106 Å². The lowest BCUT2D eigenvalue weighted by molar-refractivity contribution is -0.688. The second-order valence-corrected chi connectivity index (χ2v) is 19.6. The van der Waals surface area contributed by atoms with E-state index in [-0.39, 0.29) is 12.3 Å². The van der Waals surface area contributed by atoms with Gasteiger partial charge in [0.15, 0.2) is 43.7 Å². The SMILES string of the molecule is O=P(O)(O)Cc1ccc(C[n+]2ccc(-c3ccc(-c4ccc(-c5cc(-c6ccc(-c7cc[n+](Cc8ccc(CP(=O)(O)O)cc8)cc7)cc6)nc(-c6ccccc6)n5)cc4)cc3)cc2)cc1. The first-order chi connectivity index (χ1) is 31.9. The molecule has 0 aliphatic heterocycles. The third-order valence-corrected chi connectivity index (χ3v) is 12.9. The van der Waals surface area contributed by atoms with Crippen LogP contribution in [0.2, 0.25) is 0 Å². The fraction of sp³-hybridized carbons (Fsp3) is 0.0741. The van der Waals surface area contributed by atoms with Gasteiger partial charge in [-0.05, 0) is 50.6 Å². The summed E-state index contributed by atoms with van der Waals surface area (Å²) in [6.07, 6.45) is 7.62. The second kappa shape index (κ2) is 19.2. The van der Waals surface area contributed by atoms with E-state index in [0.29, 0.717) is 30.0 Å². The molecule has 9 aromatic rings. The summed E-state index contributed by atoms with van der Waals surface area (Å²) in [4.78, 5) is 47.1. The summed E-state index contributed by atoms with van der Waals surface area (Å²) in [5.41, 5.74) is 14.4. The molecule has 4 N–H and O–H groups in total. The van der Waals surface area contributed by atoms with Crippen molar-refractivity contribution in [2.75, 3.05) is 0 Å². The zero-order chi connectivity index (χ0) is 45.7.